The van der Waals surface area contributed by atoms with Gasteiger partial charge in [-0.2, -0.15) is 0 Å². The molecule has 1 aliphatic heterocycles. The van der Waals surface area contributed by atoms with Gasteiger partial charge in [0, 0.05) is 29.6 Å². The molecule has 1 aromatic heterocycles. The third kappa shape index (κ3) is 3.79. The number of likely N-dealkylation sites (N-methyl/N-ethyl adjacent to an activating group) is 1. The molecule has 1 aliphatic rings. The molecule has 8 nitrogen and oxygen atoms in total. The summed E-state index contributed by atoms with van der Waals surface area (Å²) in [5, 5.41) is 16.0. The highest BCUT2D eigenvalue weighted by atomic mass is 16.6. The number of nitro groups is 1. The zero-order chi connectivity index (χ0) is 23.0. The van der Waals surface area contributed by atoms with Crippen LogP contribution in [0.15, 0.2) is 39.5 Å². The van der Waals surface area contributed by atoms with Crippen molar-refractivity contribution in [2.24, 2.45) is 0 Å². The lowest BCUT2D eigenvalue weighted by molar-refractivity contribution is -0.542. The fourth-order valence-electron chi connectivity index (χ4n) is 4.43. The largest absolute Gasteiger partial charge is 0.480 e. The molecular weight excluding hydrogens is 410 g/mol. The molecule has 0 bridgehead atoms. The number of anilines is 1. The average Bonchev–Trinajstić information content (AvgIpc) is 2.75. The molecule has 1 atom stereocenters. The fraction of sp³-hybridized carbons (Fsp3) is 0.458. The van der Waals surface area contributed by atoms with Crippen LogP contribution in [0.3, 0.4) is 0 Å². The third-order valence-electron chi connectivity index (χ3n) is 6.38. The van der Waals surface area contributed by atoms with Crippen LogP contribution in [0.4, 0.5) is 5.69 Å². The van der Waals surface area contributed by atoms with Crippen LogP contribution in [0.1, 0.15) is 33.3 Å². The molecule has 0 spiro atoms. The number of benzene rings is 2. The van der Waals surface area contributed by atoms with Gasteiger partial charge in [0.25, 0.3) is 6.04 Å². The number of hydrogen-bond acceptors (Lipinski definition) is 7. The minimum absolute atomic E-state index is 0.132. The Morgan fingerprint density at radius 1 is 1.25 bits per heavy atom. The highest BCUT2D eigenvalue weighted by Gasteiger charge is 2.46. The predicted molar refractivity (Wildman–Crippen MR) is 125 cm³/mol. The van der Waals surface area contributed by atoms with E-state index in [1.165, 1.54) is 0 Å². The first-order valence-corrected chi connectivity index (χ1v) is 11.1. The van der Waals surface area contributed by atoms with E-state index in [0.717, 1.165) is 19.6 Å². The van der Waals surface area contributed by atoms with Gasteiger partial charge in [-0.05, 0) is 39.1 Å². The average molecular weight is 440 g/mol. The van der Waals surface area contributed by atoms with Gasteiger partial charge < -0.3 is 19.4 Å². The van der Waals surface area contributed by atoms with E-state index in [9.17, 15) is 14.9 Å². The van der Waals surface area contributed by atoms with Gasteiger partial charge in [0.15, 0.2) is 5.60 Å². The Balaban J connectivity index is 1.90. The van der Waals surface area contributed by atoms with Crippen molar-refractivity contribution in [1.29, 1.82) is 0 Å². The van der Waals surface area contributed by atoms with Crippen molar-refractivity contribution < 1.29 is 14.1 Å². The summed E-state index contributed by atoms with van der Waals surface area (Å²) in [6.45, 7) is 11.0. The third-order valence-corrected chi connectivity index (χ3v) is 6.38. The highest BCUT2D eigenvalue weighted by molar-refractivity contribution is 6.00. The molecule has 0 aliphatic carbocycles. The van der Waals surface area contributed by atoms with Gasteiger partial charge >= 0.3 is 0 Å². The van der Waals surface area contributed by atoms with Gasteiger partial charge in [-0.25, -0.2) is 0 Å². The maximum absolute atomic E-state index is 13.5. The zero-order valence-corrected chi connectivity index (χ0v) is 18.9. The first kappa shape index (κ1) is 22.1. The smallest absolute Gasteiger partial charge is 0.255 e. The summed E-state index contributed by atoms with van der Waals surface area (Å²) in [6, 6.07) is 7.92. The monoisotopic (exact) mass is 439 g/mol. The molecule has 0 saturated heterocycles. The summed E-state index contributed by atoms with van der Waals surface area (Å²) in [5.74, 6) is 0.518. The molecule has 0 saturated carbocycles. The van der Waals surface area contributed by atoms with Crippen LogP contribution in [0.5, 0.6) is 5.75 Å². The van der Waals surface area contributed by atoms with E-state index < -0.39 is 11.6 Å². The summed E-state index contributed by atoms with van der Waals surface area (Å²) in [6.07, 6.45) is 0.132. The summed E-state index contributed by atoms with van der Waals surface area (Å²) in [7, 11) is 0. The van der Waals surface area contributed by atoms with Gasteiger partial charge in [0.2, 0.25) is 5.43 Å². The summed E-state index contributed by atoms with van der Waals surface area (Å²) >= 11 is 0. The highest BCUT2D eigenvalue weighted by Crippen LogP contribution is 2.42. The second kappa shape index (κ2) is 8.43. The Bertz CT molecular complexity index is 1230. The van der Waals surface area contributed by atoms with Crippen LogP contribution >= 0.6 is 0 Å². The topological polar surface area (TPSA) is 97.9 Å². The molecule has 2 aromatic carbocycles. The molecule has 1 unspecified atom stereocenters. The van der Waals surface area contributed by atoms with E-state index in [1.807, 2.05) is 0 Å². The predicted octanol–water partition coefficient (Wildman–Crippen LogP) is 4.06. The van der Waals surface area contributed by atoms with Gasteiger partial charge in [0.1, 0.15) is 16.9 Å². The number of rotatable bonds is 7. The lowest BCUT2D eigenvalue weighted by Crippen LogP contribution is -2.50. The van der Waals surface area contributed by atoms with Gasteiger partial charge in [0.05, 0.1) is 22.9 Å². The van der Waals surface area contributed by atoms with E-state index in [-0.39, 0.29) is 16.8 Å². The van der Waals surface area contributed by atoms with Crippen LogP contribution in [-0.2, 0) is 6.42 Å². The fourth-order valence-corrected chi connectivity index (χ4v) is 4.43. The normalized spacial score (nSPS) is 17.3. The maximum Gasteiger partial charge on any atom is 0.255 e. The quantitative estimate of drug-likeness (QED) is 0.337. The van der Waals surface area contributed by atoms with Crippen molar-refractivity contribution >= 4 is 27.6 Å². The molecule has 0 amide bonds. The van der Waals surface area contributed by atoms with Crippen LogP contribution in [-0.4, -0.2) is 47.6 Å². The Labute approximate surface area is 186 Å². The Morgan fingerprint density at radius 2 is 1.97 bits per heavy atom. The molecule has 170 valence electrons. The van der Waals surface area contributed by atoms with E-state index in [4.69, 9.17) is 9.15 Å². The summed E-state index contributed by atoms with van der Waals surface area (Å²) < 4.78 is 12.3. The number of fused-ring (bicyclic) bond motifs is 4. The Kier molecular flexibility index (Phi) is 5.81. The first-order chi connectivity index (χ1) is 15.3. The van der Waals surface area contributed by atoms with Crippen LogP contribution in [0, 0.1) is 10.1 Å². The van der Waals surface area contributed by atoms with E-state index in [2.05, 4.69) is 24.1 Å². The van der Waals surface area contributed by atoms with Crippen molar-refractivity contribution in [3.63, 3.8) is 0 Å². The van der Waals surface area contributed by atoms with Crippen LogP contribution in [0.2, 0.25) is 0 Å². The number of ether oxygens (including phenoxy) is 1. The maximum atomic E-state index is 13.5. The zero-order valence-electron chi connectivity index (χ0n) is 18.9. The minimum atomic E-state index is -0.986. The van der Waals surface area contributed by atoms with Crippen LogP contribution in [0.25, 0.3) is 21.9 Å². The number of nitrogens with zero attached hydrogens (tertiary/aromatic N) is 2. The summed E-state index contributed by atoms with van der Waals surface area (Å²) in [5.41, 5.74) is 0.866. The number of hydrogen-bond donors (Lipinski definition) is 1. The van der Waals surface area contributed by atoms with Gasteiger partial charge in [-0.15, -0.1) is 0 Å². The molecule has 8 heteroatoms. The van der Waals surface area contributed by atoms with Crippen molar-refractivity contribution in [2.75, 3.05) is 31.5 Å². The molecule has 1 N–H and O–H groups in total. The molecule has 0 radical (unpaired) electrons. The molecule has 2 heterocycles. The SMILES string of the molecule is CCN(CC)CCNc1cc2c(c3oc4ccccc4c(=O)c13)CC([N+](=O)[O-])C(C)(C)O2. The molecular formula is C24H29N3O5. The van der Waals surface area contributed by atoms with E-state index >= 15 is 0 Å². The molecule has 0 fully saturated rings. The minimum Gasteiger partial charge on any atom is -0.480 e. The molecule has 3 aromatic rings. The Morgan fingerprint density at radius 3 is 2.66 bits per heavy atom. The molecule has 4 rings (SSSR count). The standard InChI is InChI=1S/C24H29N3O5/c1-5-26(6-2)12-11-25-17-14-19-16(13-20(27(29)30)24(3,4)32-19)23-21(17)22(28)15-9-7-8-10-18(15)31-23/h7-10,14,20,25H,5-6,11-13H2,1-4H3. The number of para-hydroxylation sites is 1. The number of nitrogens with one attached hydrogen (secondary N) is 1. The van der Waals surface area contributed by atoms with Gasteiger partial charge in [-0.1, -0.05) is 26.0 Å². The van der Waals surface area contributed by atoms with Crippen LogP contribution < -0.4 is 15.5 Å². The lowest BCUT2D eigenvalue weighted by Gasteiger charge is -2.35. The van der Waals surface area contributed by atoms with Crippen molar-refractivity contribution in [3.8, 4) is 5.75 Å². The van der Waals surface area contributed by atoms with E-state index in [1.54, 1.807) is 44.2 Å². The second-order valence-electron chi connectivity index (χ2n) is 8.70. The lowest BCUT2D eigenvalue weighted by atomic mass is 9.88. The second-order valence-corrected chi connectivity index (χ2v) is 8.70. The molecule has 32 heavy (non-hydrogen) atoms. The van der Waals surface area contributed by atoms with Crippen molar-refractivity contribution in [2.45, 2.75) is 45.8 Å². The Hall–Kier alpha value is -3.13. The van der Waals surface area contributed by atoms with Gasteiger partial charge in [-0.3, -0.25) is 14.9 Å². The van der Waals surface area contributed by atoms with E-state index in [0.29, 0.717) is 45.5 Å². The summed E-state index contributed by atoms with van der Waals surface area (Å²) in [4.78, 5) is 27.2. The van der Waals surface area contributed by atoms with Crippen molar-refractivity contribution in [3.05, 3.63) is 56.2 Å². The first-order valence-electron chi connectivity index (χ1n) is 11.1. The van der Waals surface area contributed by atoms with Crippen molar-refractivity contribution in [1.82, 2.24) is 4.90 Å².